The molecule has 0 aliphatic carbocycles. The lowest BCUT2D eigenvalue weighted by Crippen LogP contribution is -2.22. The smallest absolute Gasteiger partial charge is 0.157 e. The molecular formula is C11H21N3O. The zero-order chi connectivity index (χ0) is 11.1. The van der Waals surface area contributed by atoms with Crippen molar-refractivity contribution in [3.05, 3.63) is 12.4 Å². The normalized spacial score (nSPS) is 10.9. The Morgan fingerprint density at radius 3 is 2.87 bits per heavy atom. The largest absolute Gasteiger partial charge is 0.489 e. The highest BCUT2D eigenvalue weighted by molar-refractivity contribution is 5.11. The predicted molar refractivity (Wildman–Crippen MR) is 61.0 cm³/mol. The summed E-state index contributed by atoms with van der Waals surface area (Å²) < 4.78 is 7.23. The highest BCUT2D eigenvalue weighted by Gasteiger charge is 1.96. The van der Waals surface area contributed by atoms with E-state index < -0.39 is 0 Å². The number of hydrogen-bond acceptors (Lipinski definition) is 3. The summed E-state index contributed by atoms with van der Waals surface area (Å²) in [6.45, 7) is 7.11. The lowest BCUT2D eigenvalue weighted by atomic mass is 10.1. The molecule has 0 spiro atoms. The molecule has 0 amide bonds. The Kier molecular flexibility index (Phi) is 5.18. The highest BCUT2D eigenvalue weighted by atomic mass is 16.5. The fraction of sp³-hybridized carbons (Fsp3) is 0.727. The van der Waals surface area contributed by atoms with Crippen molar-refractivity contribution in [3.8, 4) is 5.75 Å². The van der Waals surface area contributed by atoms with Crippen molar-refractivity contribution in [2.75, 3.05) is 19.7 Å². The van der Waals surface area contributed by atoms with E-state index in [1.807, 2.05) is 13.2 Å². The van der Waals surface area contributed by atoms with Crippen LogP contribution in [0.5, 0.6) is 5.75 Å². The molecule has 0 radical (unpaired) electrons. The number of aromatic nitrogens is 2. The Bertz CT molecular complexity index is 271. The van der Waals surface area contributed by atoms with Gasteiger partial charge in [0.05, 0.1) is 12.4 Å². The second-order valence-corrected chi connectivity index (χ2v) is 4.13. The SMILES string of the molecule is CC(C)CCNCCOc1cnn(C)c1. The maximum Gasteiger partial charge on any atom is 0.157 e. The molecule has 0 aromatic carbocycles. The Hall–Kier alpha value is -1.03. The van der Waals surface area contributed by atoms with Crippen molar-refractivity contribution in [2.45, 2.75) is 20.3 Å². The summed E-state index contributed by atoms with van der Waals surface area (Å²) in [6, 6.07) is 0. The quantitative estimate of drug-likeness (QED) is 0.694. The van der Waals surface area contributed by atoms with E-state index in [9.17, 15) is 0 Å². The van der Waals surface area contributed by atoms with Crippen molar-refractivity contribution in [1.29, 1.82) is 0 Å². The van der Waals surface area contributed by atoms with Crippen LogP contribution in [0.25, 0.3) is 0 Å². The molecule has 0 saturated carbocycles. The van der Waals surface area contributed by atoms with E-state index in [0.717, 1.165) is 24.8 Å². The van der Waals surface area contributed by atoms with E-state index in [0.29, 0.717) is 6.61 Å². The third-order valence-corrected chi connectivity index (χ3v) is 2.13. The van der Waals surface area contributed by atoms with Crippen LogP contribution in [0.4, 0.5) is 0 Å². The molecule has 86 valence electrons. The Balaban J connectivity index is 1.98. The van der Waals surface area contributed by atoms with Gasteiger partial charge in [0.2, 0.25) is 0 Å². The maximum atomic E-state index is 5.49. The molecule has 0 unspecified atom stereocenters. The molecule has 15 heavy (non-hydrogen) atoms. The maximum absolute atomic E-state index is 5.49. The minimum absolute atomic E-state index is 0.698. The molecule has 4 heteroatoms. The zero-order valence-corrected chi connectivity index (χ0v) is 9.86. The van der Waals surface area contributed by atoms with E-state index in [1.165, 1.54) is 6.42 Å². The number of hydrogen-bond donors (Lipinski definition) is 1. The number of nitrogens with zero attached hydrogens (tertiary/aromatic N) is 2. The van der Waals surface area contributed by atoms with Gasteiger partial charge in [-0.1, -0.05) is 13.8 Å². The first kappa shape index (κ1) is 12.0. The van der Waals surface area contributed by atoms with Crippen LogP contribution in [0.2, 0.25) is 0 Å². The van der Waals surface area contributed by atoms with Gasteiger partial charge in [-0.3, -0.25) is 4.68 Å². The number of aryl methyl sites for hydroxylation is 1. The van der Waals surface area contributed by atoms with Gasteiger partial charge in [0.1, 0.15) is 6.61 Å². The summed E-state index contributed by atoms with van der Waals surface area (Å²) in [5, 5.41) is 7.37. The van der Waals surface area contributed by atoms with Gasteiger partial charge in [-0.05, 0) is 18.9 Å². The van der Waals surface area contributed by atoms with Crippen LogP contribution in [-0.2, 0) is 7.05 Å². The standard InChI is InChI=1S/C11H21N3O/c1-10(2)4-5-12-6-7-15-11-8-13-14(3)9-11/h8-10,12H,4-7H2,1-3H3. The van der Waals surface area contributed by atoms with Gasteiger partial charge in [-0.25, -0.2) is 0 Å². The first-order valence-electron chi connectivity index (χ1n) is 5.50. The van der Waals surface area contributed by atoms with Gasteiger partial charge in [0.25, 0.3) is 0 Å². The molecule has 0 atom stereocenters. The topological polar surface area (TPSA) is 39.1 Å². The summed E-state index contributed by atoms with van der Waals surface area (Å²) in [5.41, 5.74) is 0. The third kappa shape index (κ3) is 5.42. The molecule has 1 aromatic heterocycles. The van der Waals surface area contributed by atoms with Crippen LogP contribution in [-0.4, -0.2) is 29.5 Å². The molecule has 4 nitrogen and oxygen atoms in total. The summed E-state index contributed by atoms with van der Waals surface area (Å²) in [5.74, 6) is 1.60. The minimum atomic E-state index is 0.698. The van der Waals surface area contributed by atoms with Crippen molar-refractivity contribution in [3.63, 3.8) is 0 Å². The van der Waals surface area contributed by atoms with Gasteiger partial charge in [-0.2, -0.15) is 5.10 Å². The van der Waals surface area contributed by atoms with Crippen molar-refractivity contribution < 1.29 is 4.74 Å². The average Bonchev–Trinajstić information content (AvgIpc) is 2.57. The summed E-state index contributed by atoms with van der Waals surface area (Å²) in [7, 11) is 1.88. The second kappa shape index (κ2) is 6.45. The first-order valence-corrected chi connectivity index (χ1v) is 5.50. The first-order chi connectivity index (χ1) is 7.18. The van der Waals surface area contributed by atoms with Crippen LogP contribution >= 0.6 is 0 Å². The van der Waals surface area contributed by atoms with Gasteiger partial charge >= 0.3 is 0 Å². The van der Waals surface area contributed by atoms with Crippen molar-refractivity contribution in [1.82, 2.24) is 15.1 Å². The number of nitrogens with one attached hydrogen (secondary N) is 1. The van der Waals surface area contributed by atoms with E-state index in [-0.39, 0.29) is 0 Å². The van der Waals surface area contributed by atoms with E-state index in [1.54, 1.807) is 10.9 Å². The summed E-state index contributed by atoms with van der Waals surface area (Å²) in [4.78, 5) is 0. The van der Waals surface area contributed by atoms with Gasteiger partial charge in [0, 0.05) is 13.6 Å². The van der Waals surface area contributed by atoms with Gasteiger partial charge in [-0.15, -0.1) is 0 Å². The van der Waals surface area contributed by atoms with Crippen LogP contribution in [0.1, 0.15) is 20.3 Å². The van der Waals surface area contributed by atoms with E-state index >= 15 is 0 Å². The lowest BCUT2D eigenvalue weighted by Gasteiger charge is -2.07. The van der Waals surface area contributed by atoms with Crippen LogP contribution in [0, 0.1) is 5.92 Å². The van der Waals surface area contributed by atoms with Crippen LogP contribution < -0.4 is 10.1 Å². The van der Waals surface area contributed by atoms with Gasteiger partial charge in [0.15, 0.2) is 5.75 Å². The predicted octanol–water partition coefficient (Wildman–Crippen LogP) is 1.43. The van der Waals surface area contributed by atoms with E-state index in [4.69, 9.17) is 4.74 Å². The highest BCUT2D eigenvalue weighted by Crippen LogP contribution is 2.05. The molecule has 0 aliphatic rings. The molecule has 0 bridgehead atoms. The van der Waals surface area contributed by atoms with Crippen LogP contribution in [0.15, 0.2) is 12.4 Å². The Labute approximate surface area is 91.6 Å². The molecule has 0 aliphatic heterocycles. The van der Waals surface area contributed by atoms with Crippen molar-refractivity contribution >= 4 is 0 Å². The Morgan fingerprint density at radius 2 is 2.27 bits per heavy atom. The third-order valence-electron chi connectivity index (χ3n) is 2.13. The molecule has 1 rings (SSSR count). The fourth-order valence-electron chi connectivity index (χ4n) is 1.23. The monoisotopic (exact) mass is 211 g/mol. The van der Waals surface area contributed by atoms with Crippen molar-refractivity contribution in [2.24, 2.45) is 13.0 Å². The molecule has 1 N–H and O–H groups in total. The second-order valence-electron chi connectivity index (χ2n) is 4.13. The Morgan fingerprint density at radius 1 is 1.47 bits per heavy atom. The summed E-state index contributed by atoms with van der Waals surface area (Å²) in [6.07, 6.45) is 4.81. The molecular weight excluding hydrogens is 190 g/mol. The lowest BCUT2D eigenvalue weighted by molar-refractivity contribution is 0.312. The zero-order valence-electron chi connectivity index (χ0n) is 9.86. The molecule has 0 fully saturated rings. The number of rotatable bonds is 7. The minimum Gasteiger partial charge on any atom is -0.489 e. The molecule has 0 saturated heterocycles. The molecule has 1 heterocycles. The average molecular weight is 211 g/mol. The number of ether oxygens (including phenoxy) is 1. The van der Waals surface area contributed by atoms with Gasteiger partial charge < -0.3 is 10.1 Å². The summed E-state index contributed by atoms with van der Waals surface area (Å²) >= 11 is 0. The fourth-order valence-corrected chi connectivity index (χ4v) is 1.23. The van der Waals surface area contributed by atoms with E-state index in [2.05, 4.69) is 24.3 Å². The van der Waals surface area contributed by atoms with Crippen LogP contribution in [0.3, 0.4) is 0 Å². The molecule has 1 aromatic rings.